The smallest absolute Gasteiger partial charge is 0.257 e. The number of halogens is 1. The molecule has 0 N–H and O–H groups in total. The van der Waals surface area contributed by atoms with Gasteiger partial charge in [0.2, 0.25) is 0 Å². The molecule has 0 spiro atoms. The molecule has 136 valence electrons. The molecule has 1 aliphatic heterocycles. The quantitative estimate of drug-likeness (QED) is 0.825. The van der Waals surface area contributed by atoms with Gasteiger partial charge < -0.3 is 9.64 Å². The number of methoxy groups -OCH3 is 1. The van der Waals surface area contributed by atoms with Gasteiger partial charge >= 0.3 is 0 Å². The molecule has 1 atom stereocenters. The number of ketones is 1. The van der Waals surface area contributed by atoms with E-state index in [9.17, 15) is 14.0 Å². The summed E-state index contributed by atoms with van der Waals surface area (Å²) in [5.74, 6) is -0.483. The molecule has 1 saturated heterocycles. The maximum absolute atomic E-state index is 13.6. The molecule has 1 amide bonds. The SMILES string of the molecule is COc1ccc(F)cc1C(=O)N1CCC[C@H](C(=O)Cc2ccccc2)C1. The number of rotatable bonds is 5. The van der Waals surface area contributed by atoms with E-state index in [4.69, 9.17) is 4.74 Å². The number of nitrogens with zero attached hydrogens (tertiary/aromatic N) is 1. The predicted octanol–water partition coefficient (Wildman–Crippen LogP) is 3.50. The van der Waals surface area contributed by atoms with Crippen LogP contribution >= 0.6 is 0 Å². The number of piperidine rings is 1. The first kappa shape index (κ1) is 18.1. The zero-order valence-corrected chi connectivity index (χ0v) is 14.8. The number of Topliss-reactive ketones (excluding diaryl/α,β-unsaturated/α-hetero) is 1. The minimum atomic E-state index is -0.483. The summed E-state index contributed by atoms with van der Waals surface area (Å²) in [6.45, 7) is 0.928. The lowest BCUT2D eigenvalue weighted by molar-refractivity contribution is -0.123. The van der Waals surface area contributed by atoms with Crippen molar-refractivity contribution in [2.75, 3.05) is 20.2 Å². The maximum Gasteiger partial charge on any atom is 0.257 e. The van der Waals surface area contributed by atoms with Crippen LogP contribution in [-0.4, -0.2) is 36.8 Å². The molecular weight excluding hydrogens is 333 g/mol. The minimum absolute atomic E-state index is 0.139. The molecule has 4 nitrogen and oxygen atoms in total. The van der Waals surface area contributed by atoms with Crippen LogP contribution in [-0.2, 0) is 11.2 Å². The number of ether oxygens (including phenoxy) is 1. The van der Waals surface area contributed by atoms with Crippen molar-refractivity contribution in [2.24, 2.45) is 5.92 Å². The Morgan fingerprint density at radius 1 is 1.19 bits per heavy atom. The molecule has 0 aromatic heterocycles. The molecule has 1 aliphatic rings. The monoisotopic (exact) mass is 355 g/mol. The Kier molecular flexibility index (Phi) is 5.66. The van der Waals surface area contributed by atoms with Crippen LogP contribution in [0.15, 0.2) is 48.5 Å². The molecule has 3 rings (SSSR count). The Bertz CT molecular complexity index is 791. The molecule has 0 radical (unpaired) electrons. The van der Waals surface area contributed by atoms with E-state index < -0.39 is 5.82 Å². The Balaban J connectivity index is 1.71. The van der Waals surface area contributed by atoms with Gasteiger partial charge in [0.25, 0.3) is 5.91 Å². The summed E-state index contributed by atoms with van der Waals surface area (Å²) in [4.78, 5) is 27.1. The Morgan fingerprint density at radius 2 is 1.96 bits per heavy atom. The van der Waals surface area contributed by atoms with Gasteiger partial charge in [0.15, 0.2) is 0 Å². The standard InChI is InChI=1S/C21H22FNO3/c1-26-20-10-9-17(22)13-18(20)21(25)23-11-5-8-16(14-23)19(24)12-15-6-3-2-4-7-15/h2-4,6-7,9-10,13,16H,5,8,11-12,14H2,1H3/t16-/m0/s1. The van der Waals surface area contributed by atoms with Gasteiger partial charge in [0.1, 0.15) is 17.3 Å². The Labute approximate surface area is 152 Å². The lowest BCUT2D eigenvalue weighted by Gasteiger charge is -2.32. The van der Waals surface area contributed by atoms with Crippen molar-refractivity contribution in [3.8, 4) is 5.75 Å². The second-order valence-corrected chi connectivity index (χ2v) is 6.56. The Morgan fingerprint density at radius 3 is 2.69 bits per heavy atom. The summed E-state index contributed by atoms with van der Waals surface area (Å²) in [5.41, 5.74) is 1.18. The van der Waals surface area contributed by atoms with Gasteiger partial charge in [-0.25, -0.2) is 4.39 Å². The van der Waals surface area contributed by atoms with Crippen molar-refractivity contribution in [2.45, 2.75) is 19.3 Å². The topological polar surface area (TPSA) is 46.6 Å². The van der Waals surface area contributed by atoms with Crippen LogP contribution in [0.3, 0.4) is 0 Å². The largest absolute Gasteiger partial charge is 0.496 e. The van der Waals surface area contributed by atoms with E-state index in [-0.39, 0.29) is 23.2 Å². The predicted molar refractivity (Wildman–Crippen MR) is 96.7 cm³/mol. The third-order valence-corrected chi connectivity index (χ3v) is 4.78. The molecule has 2 aromatic rings. The number of hydrogen-bond donors (Lipinski definition) is 0. The van der Waals surface area contributed by atoms with Crippen LogP contribution in [0, 0.1) is 11.7 Å². The lowest BCUT2D eigenvalue weighted by Crippen LogP contribution is -2.42. The van der Waals surface area contributed by atoms with E-state index in [2.05, 4.69) is 0 Å². The molecule has 0 aliphatic carbocycles. The van der Waals surface area contributed by atoms with Crippen molar-refractivity contribution in [1.82, 2.24) is 4.90 Å². The summed E-state index contributed by atoms with van der Waals surface area (Å²) in [7, 11) is 1.45. The summed E-state index contributed by atoms with van der Waals surface area (Å²) in [6.07, 6.45) is 1.90. The van der Waals surface area contributed by atoms with Crippen molar-refractivity contribution in [1.29, 1.82) is 0 Å². The zero-order valence-electron chi connectivity index (χ0n) is 14.8. The van der Waals surface area contributed by atoms with Crippen LogP contribution in [0.25, 0.3) is 0 Å². The van der Waals surface area contributed by atoms with Gasteiger partial charge in [-0.15, -0.1) is 0 Å². The average Bonchev–Trinajstić information content (AvgIpc) is 2.68. The van der Waals surface area contributed by atoms with E-state index >= 15 is 0 Å². The number of hydrogen-bond acceptors (Lipinski definition) is 3. The number of benzene rings is 2. The first-order chi connectivity index (χ1) is 12.6. The highest BCUT2D eigenvalue weighted by atomic mass is 19.1. The van der Waals surface area contributed by atoms with E-state index in [0.717, 1.165) is 18.4 Å². The number of carbonyl (C=O) groups excluding carboxylic acids is 2. The summed E-state index contributed by atoms with van der Waals surface area (Å²) < 4.78 is 18.8. The Hall–Kier alpha value is -2.69. The van der Waals surface area contributed by atoms with Gasteiger partial charge in [-0.3, -0.25) is 9.59 Å². The van der Waals surface area contributed by atoms with Gasteiger partial charge in [0, 0.05) is 25.4 Å². The van der Waals surface area contributed by atoms with Crippen LogP contribution < -0.4 is 4.74 Å². The number of likely N-dealkylation sites (tertiary alicyclic amines) is 1. The molecule has 0 saturated carbocycles. The van der Waals surface area contributed by atoms with Gasteiger partial charge in [-0.05, 0) is 36.6 Å². The highest BCUT2D eigenvalue weighted by molar-refractivity contribution is 5.97. The molecule has 1 fully saturated rings. The normalized spacial score (nSPS) is 17.0. The lowest BCUT2D eigenvalue weighted by atomic mass is 9.90. The molecule has 26 heavy (non-hydrogen) atoms. The van der Waals surface area contributed by atoms with E-state index in [0.29, 0.717) is 25.3 Å². The molecule has 0 unspecified atom stereocenters. The second-order valence-electron chi connectivity index (χ2n) is 6.56. The number of amides is 1. The van der Waals surface area contributed by atoms with Crippen molar-refractivity contribution in [3.63, 3.8) is 0 Å². The van der Waals surface area contributed by atoms with Crippen LogP contribution in [0.4, 0.5) is 4.39 Å². The van der Waals surface area contributed by atoms with Crippen LogP contribution in [0.2, 0.25) is 0 Å². The molecular formula is C21H22FNO3. The molecule has 5 heteroatoms. The van der Waals surface area contributed by atoms with Gasteiger partial charge in [-0.1, -0.05) is 30.3 Å². The van der Waals surface area contributed by atoms with E-state index in [1.54, 1.807) is 4.90 Å². The fourth-order valence-corrected chi connectivity index (χ4v) is 3.38. The summed E-state index contributed by atoms with van der Waals surface area (Å²) in [5, 5.41) is 0. The molecule has 1 heterocycles. The third-order valence-electron chi connectivity index (χ3n) is 4.78. The highest BCUT2D eigenvalue weighted by Gasteiger charge is 2.30. The van der Waals surface area contributed by atoms with Gasteiger partial charge in [0.05, 0.1) is 12.7 Å². The van der Waals surface area contributed by atoms with Crippen LogP contribution in [0.1, 0.15) is 28.8 Å². The maximum atomic E-state index is 13.6. The molecule has 2 aromatic carbocycles. The first-order valence-corrected chi connectivity index (χ1v) is 8.78. The minimum Gasteiger partial charge on any atom is -0.496 e. The van der Waals surface area contributed by atoms with Gasteiger partial charge in [-0.2, -0.15) is 0 Å². The third kappa shape index (κ3) is 4.10. The van der Waals surface area contributed by atoms with Crippen molar-refractivity contribution >= 4 is 11.7 Å². The highest BCUT2D eigenvalue weighted by Crippen LogP contribution is 2.25. The average molecular weight is 355 g/mol. The second kappa shape index (κ2) is 8.13. The zero-order chi connectivity index (χ0) is 18.5. The fourth-order valence-electron chi connectivity index (χ4n) is 3.38. The first-order valence-electron chi connectivity index (χ1n) is 8.78. The molecule has 0 bridgehead atoms. The summed E-state index contributed by atoms with van der Waals surface area (Å²) >= 11 is 0. The fraction of sp³-hybridized carbons (Fsp3) is 0.333. The van der Waals surface area contributed by atoms with Crippen molar-refractivity contribution in [3.05, 3.63) is 65.5 Å². The number of carbonyl (C=O) groups is 2. The van der Waals surface area contributed by atoms with E-state index in [1.165, 1.54) is 25.3 Å². The van der Waals surface area contributed by atoms with E-state index in [1.807, 2.05) is 30.3 Å². The van der Waals surface area contributed by atoms with Crippen molar-refractivity contribution < 1.29 is 18.7 Å². The summed E-state index contributed by atoms with van der Waals surface area (Å²) in [6, 6.07) is 13.5. The van der Waals surface area contributed by atoms with Crippen LogP contribution in [0.5, 0.6) is 5.75 Å².